The van der Waals surface area contributed by atoms with Gasteiger partial charge in [0.1, 0.15) is 5.82 Å². The predicted molar refractivity (Wildman–Crippen MR) is 99.7 cm³/mol. The van der Waals surface area contributed by atoms with Gasteiger partial charge >= 0.3 is 0 Å². The Morgan fingerprint density at radius 2 is 2.00 bits per heavy atom. The van der Waals surface area contributed by atoms with E-state index in [4.69, 9.17) is 4.98 Å². The average Bonchev–Trinajstić information content (AvgIpc) is 2.80. The van der Waals surface area contributed by atoms with Crippen molar-refractivity contribution in [1.29, 1.82) is 0 Å². The van der Waals surface area contributed by atoms with Crippen LogP contribution in [0.15, 0.2) is 22.7 Å². The lowest BCUT2D eigenvalue weighted by molar-refractivity contribution is 0.110. The highest BCUT2D eigenvalue weighted by Crippen LogP contribution is 2.30. The first-order valence-corrected chi connectivity index (χ1v) is 9.40. The van der Waals surface area contributed by atoms with E-state index in [1.165, 1.54) is 17.8 Å². The fraction of sp³-hybridized carbons (Fsp3) is 0.611. The molecule has 2 aromatic rings. The van der Waals surface area contributed by atoms with Crippen molar-refractivity contribution in [3.8, 4) is 0 Å². The van der Waals surface area contributed by atoms with Crippen molar-refractivity contribution in [2.45, 2.75) is 51.7 Å². The van der Waals surface area contributed by atoms with Gasteiger partial charge in [-0.2, -0.15) is 0 Å². The Hall–Kier alpha value is -0.910. The van der Waals surface area contributed by atoms with Gasteiger partial charge in [-0.15, -0.1) is 0 Å². The quantitative estimate of drug-likeness (QED) is 0.876. The number of hydrogen-bond acceptors (Lipinski definition) is 3. The van der Waals surface area contributed by atoms with Crippen LogP contribution in [0.5, 0.6) is 0 Å². The first kappa shape index (κ1) is 16.9. The summed E-state index contributed by atoms with van der Waals surface area (Å²) in [5.41, 5.74) is 2.29. The van der Waals surface area contributed by atoms with E-state index in [0.717, 1.165) is 29.5 Å². The maximum absolute atomic E-state index is 4.99. The third-order valence-electron chi connectivity index (χ3n) is 4.76. The van der Waals surface area contributed by atoms with E-state index in [1.54, 1.807) is 0 Å². The molecule has 1 saturated heterocycles. The van der Waals surface area contributed by atoms with Crippen molar-refractivity contribution in [2.24, 2.45) is 7.05 Å². The van der Waals surface area contributed by atoms with Crippen molar-refractivity contribution >= 4 is 27.0 Å². The van der Waals surface area contributed by atoms with Gasteiger partial charge in [0.15, 0.2) is 0 Å². The van der Waals surface area contributed by atoms with Gasteiger partial charge in [0, 0.05) is 36.7 Å². The lowest BCUT2D eigenvalue weighted by atomic mass is 10.0. The predicted octanol–water partition coefficient (Wildman–Crippen LogP) is 3.86. The number of nitrogens with one attached hydrogen (secondary N) is 1. The zero-order valence-electron chi connectivity index (χ0n) is 14.5. The van der Waals surface area contributed by atoms with Crippen LogP contribution in [0.4, 0.5) is 0 Å². The average molecular weight is 379 g/mol. The lowest BCUT2D eigenvalue weighted by Gasteiger charge is -2.40. The molecule has 126 valence electrons. The van der Waals surface area contributed by atoms with Crippen molar-refractivity contribution in [1.82, 2.24) is 19.8 Å². The Bertz CT molecular complexity index is 671. The standard InChI is InChI=1S/C18H27BrN4/c1-5-6-17(23-10-12(2)20-13(3)11-23)18-21-15-9-14(19)7-8-16(15)22(18)4/h7-9,12-13,17,20H,5-6,10-11H2,1-4H3/t12-,13+,17?. The summed E-state index contributed by atoms with van der Waals surface area (Å²) < 4.78 is 3.37. The number of imidazole rings is 1. The van der Waals surface area contributed by atoms with E-state index < -0.39 is 0 Å². The number of rotatable bonds is 4. The van der Waals surface area contributed by atoms with Crippen molar-refractivity contribution in [2.75, 3.05) is 13.1 Å². The highest BCUT2D eigenvalue weighted by Gasteiger charge is 2.30. The normalized spacial score (nSPS) is 24.2. The minimum Gasteiger partial charge on any atom is -0.330 e. The van der Waals surface area contributed by atoms with Crippen molar-refractivity contribution in [3.05, 3.63) is 28.5 Å². The van der Waals surface area contributed by atoms with E-state index in [2.05, 4.69) is 76.7 Å². The summed E-state index contributed by atoms with van der Waals surface area (Å²) in [6, 6.07) is 7.82. The van der Waals surface area contributed by atoms with Gasteiger partial charge in [0.05, 0.1) is 17.1 Å². The molecule has 1 N–H and O–H groups in total. The van der Waals surface area contributed by atoms with Crippen LogP contribution in [0, 0.1) is 0 Å². The third kappa shape index (κ3) is 3.47. The van der Waals surface area contributed by atoms with Gasteiger partial charge in [-0.05, 0) is 38.5 Å². The fourth-order valence-electron chi connectivity index (χ4n) is 3.86. The number of nitrogens with zero attached hydrogens (tertiary/aromatic N) is 3. The third-order valence-corrected chi connectivity index (χ3v) is 5.26. The van der Waals surface area contributed by atoms with Crippen LogP contribution in [-0.4, -0.2) is 39.6 Å². The van der Waals surface area contributed by atoms with E-state index in [-0.39, 0.29) is 0 Å². The summed E-state index contributed by atoms with van der Waals surface area (Å²) in [6.07, 6.45) is 2.32. The van der Waals surface area contributed by atoms with Gasteiger partial charge in [0.2, 0.25) is 0 Å². The molecule has 1 aromatic carbocycles. The highest BCUT2D eigenvalue weighted by molar-refractivity contribution is 9.10. The molecule has 1 unspecified atom stereocenters. The zero-order chi connectivity index (χ0) is 16.6. The molecule has 0 radical (unpaired) electrons. The number of halogens is 1. The first-order valence-electron chi connectivity index (χ1n) is 8.61. The first-order chi connectivity index (χ1) is 11.0. The Morgan fingerprint density at radius 3 is 2.65 bits per heavy atom. The summed E-state index contributed by atoms with van der Waals surface area (Å²) >= 11 is 3.56. The van der Waals surface area contributed by atoms with E-state index in [0.29, 0.717) is 18.1 Å². The largest absolute Gasteiger partial charge is 0.330 e. The molecular formula is C18H27BrN4. The van der Waals surface area contributed by atoms with Crippen LogP contribution >= 0.6 is 15.9 Å². The molecule has 1 fully saturated rings. The van der Waals surface area contributed by atoms with Crippen LogP contribution in [-0.2, 0) is 7.05 Å². The van der Waals surface area contributed by atoms with Crippen molar-refractivity contribution in [3.63, 3.8) is 0 Å². The monoisotopic (exact) mass is 378 g/mol. The molecular weight excluding hydrogens is 352 g/mol. The Kier molecular flexibility index (Phi) is 5.09. The number of piperazine rings is 1. The molecule has 0 aliphatic carbocycles. The van der Waals surface area contributed by atoms with E-state index >= 15 is 0 Å². The Labute approximate surface area is 147 Å². The maximum atomic E-state index is 4.99. The van der Waals surface area contributed by atoms with Crippen LogP contribution in [0.1, 0.15) is 45.5 Å². The molecule has 1 aromatic heterocycles. The van der Waals surface area contributed by atoms with Crippen molar-refractivity contribution < 1.29 is 0 Å². The minimum atomic E-state index is 0.392. The molecule has 0 amide bonds. The molecule has 0 saturated carbocycles. The van der Waals surface area contributed by atoms with Crippen LogP contribution in [0.3, 0.4) is 0 Å². The molecule has 5 heteroatoms. The van der Waals surface area contributed by atoms with Crippen LogP contribution < -0.4 is 5.32 Å². The molecule has 1 aliphatic heterocycles. The van der Waals surface area contributed by atoms with Gasteiger partial charge in [-0.1, -0.05) is 29.3 Å². The van der Waals surface area contributed by atoms with Gasteiger partial charge in [0.25, 0.3) is 0 Å². The second-order valence-corrected chi connectivity index (χ2v) is 7.80. The summed E-state index contributed by atoms with van der Waals surface area (Å²) in [7, 11) is 2.15. The summed E-state index contributed by atoms with van der Waals surface area (Å²) in [4.78, 5) is 7.60. The number of hydrogen-bond donors (Lipinski definition) is 1. The van der Waals surface area contributed by atoms with E-state index in [1.807, 2.05) is 0 Å². The number of benzene rings is 1. The molecule has 0 spiro atoms. The number of fused-ring (bicyclic) bond motifs is 1. The Morgan fingerprint density at radius 1 is 1.30 bits per heavy atom. The lowest BCUT2D eigenvalue weighted by Crippen LogP contribution is -2.55. The van der Waals surface area contributed by atoms with E-state index in [9.17, 15) is 0 Å². The van der Waals surface area contributed by atoms with Gasteiger partial charge in [-0.25, -0.2) is 4.98 Å². The molecule has 3 atom stereocenters. The molecule has 1 aliphatic rings. The van der Waals surface area contributed by atoms with Gasteiger partial charge in [-0.3, -0.25) is 4.90 Å². The molecule has 2 heterocycles. The Balaban J connectivity index is 1.99. The second kappa shape index (κ2) is 6.91. The molecule has 4 nitrogen and oxygen atoms in total. The topological polar surface area (TPSA) is 33.1 Å². The minimum absolute atomic E-state index is 0.392. The second-order valence-electron chi connectivity index (χ2n) is 6.89. The maximum Gasteiger partial charge on any atom is 0.127 e. The smallest absolute Gasteiger partial charge is 0.127 e. The SMILES string of the molecule is CCCC(c1nc2cc(Br)ccc2n1C)N1C[C@@H](C)N[C@@H](C)C1. The highest BCUT2D eigenvalue weighted by atomic mass is 79.9. The van der Waals surface area contributed by atoms with Crippen LogP contribution in [0.2, 0.25) is 0 Å². The summed E-state index contributed by atoms with van der Waals surface area (Å²) in [5.74, 6) is 1.20. The fourth-order valence-corrected chi connectivity index (χ4v) is 4.21. The number of aryl methyl sites for hydroxylation is 1. The molecule has 3 rings (SSSR count). The summed E-state index contributed by atoms with van der Waals surface area (Å²) in [6.45, 7) is 8.99. The van der Waals surface area contributed by atoms with Gasteiger partial charge < -0.3 is 9.88 Å². The summed E-state index contributed by atoms with van der Waals surface area (Å²) in [5, 5.41) is 3.63. The van der Waals surface area contributed by atoms with Crippen LogP contribution in [0.25, 0.3) is 11.0 Å². The number of aromatic nitrogens is 2. The zero-order valence-corrected chi connectivity index (χ0v) is 16.1. The molecule has 23 heavy (non-hydrogen) atoms. The molecule has 0 bridgehead atoms.